The minimum Gasteiger partial charge on any atom is -0.342 e. The van der Waals surface area contributed by atoms with Gasteiger partial charge in [0.1, 0.15) is 0 Å². The van der Waals surface area contributed by atoms with Crippen LogP contribution in [0.2, 0.25) is 0 Å². The molecule has 2 rings (SSSR count). The number of halogens is 1. The van der Waals surface area contributed by atoms with Gasteiger partial charge in [-0.15, -0.1) is 0 Å². The van der Waals surface area contributed by atoms with Crippen LogP contribution in [0.15, 0.2) is 22.9 Å². The summed E-state index contributed by atoms with van der Waals surface area (Å²) < 4.78 is 0.798. The van der Waals surface area contributed by atoms with E-state index < -0.39 is 0 Å². The van der Waals surface area contributed by atoms with Gasteiger partial charge in [0.15, 0.2) is 0 Å². The summed E-state index contributed by atoms with van der Waals surface area (Å²) in [6.45, 7) is 8.61. The molecule has 1 aliphatic rings. The van der Waals surface area contributed by atoms with E-state index in [9.17, 15) is 9.59 Å². The average molecular weight is 383 g/mol. The second kappa shape index (κ2) is 8.40. The zero-order valence-corrected chi connectivity index (χ0v) is 15.3. The Kier molecular flexibility index (Phi) is 6.53. The molecule has 126 valence electrons. The third-order valence-electron chi connectivity index (χ3n) is 4.09. The predicted molar refractivity (Wildman–Crippen MR) is 92.2 cm³/mol. The highest BCUT2D eigenvalue weighted by molar-refractivity contribution is 9.10. The molecule has 0 unspecified atom stereocenters. The van der Waals surface area contributed by atoms with Gasteiger partial charge in [0.25, 0.3) is 5.91 Å². The maximum absolute atomic E-state index is 12.5. The van der Waals surface area contributed by atoms with Crippen LogP contribution in [0.1, 0.15) is 24.2 Å². The van der Waals surface area contributed by atoms with Gasteiger partial charge in [-0.2, -0.15) is 0 Å². The lowest BCUT2D eigenvalue weighted by Crippen LogP contribution is -2.51. The SMILES string of the molecule is CCN(CC)C(=O)CN1CCN(C(=O)c2cncc(Br)c2)CC1. The number of carbonyl (C=O) groups excluding carboxylic acids is 2. The van der Waals surface area contributed by atoms with Crippen molar-refractivity contribution in [3.05, 3.63) is 28.5 Å². The van der Waals surface area contributed by atoms with Crippen LogP contribution in [0.25, 0.3) is 0 Å². The molecule has 1 aromatic rings. The van der Waals surface area contributed by atoms with Crippen LogP contribution in [0, 0.1) is 0 Å². The number of pyridine rings is 1. The Labute approximate surface area is 145 Å². The van der Waals surface area contributed by atoms with E-state index in [4.69, 9.17) is 0 Å². The van der Waals surface area contributed by atoms with E-state index >= 15 is 0 Å². The lowest BCUT2D eigenvalue weighted by atomic mass is 10.2. The number of nitrogens with zero attached hydrogens (tertiary/aromatic N) is 4. The van der Waals surface area contributed by atoms with E-state index in [1.807, 2.05) is 23.6 Å². The summed E-state index contributed by atoms with van der Waals surface area (Å²) in [6, 6.07) is 1.78. The first-order chi connectivity index (χ1) is 11.0. The highest BCUT2D eigenvalue weighted by Crippen LogP contribution is 2.13. The lowest BCUT2D eigenvalue weighted by molar-refractivity contribution is -0.132. The zero-order chi connectivity index (χ0) is 16.8. The number of amides is 2. The number of piperazine rings is 1. The Hall–Kier alpha value is -1.47. The molecule has 0 aliphatic carbocycles. The number of rotatable bonds is 5. The smallest absolute Gasteiger partial charge is 0.255 e. The topological polar surface area (TPSA) is 56.8 Å². The normalized spacial score (nSPS) is 15.5. The van der Waals surface area contributed by atoms with E-state index in [0.717, 1.165) is 30.7 Å². The second-order valence-corrected chi connectivity index (χ2v) is 6.44. The minimum atomic E-state index is -0.00600. The minimum absolute atomic E-state index is 0.00600. The van der Waals surface area contributed by atoms with Gasteiger partial charge in [-0.25, -0.2) is 0 Å². The van der Waals surface area contributed by atoms with Crippen LogP contribution >= 0.6 is 15.9 Å². The molecule has 1 fully saturated rings. The first-order valence-electron chi connectivity index (χ1n) is 7.95. The molecule has 23 heavy (non-hydrogen) atoms. The average Bonchev–Trinajstić information content (AvgIpc) is 2.56. The fourth-order valence-electron chi connectivity index (χ4n) is 2.69. The number of hydrogen-bond donors (Lipinski definition) is 0. The number of aromatic nitrogens is 1. The molecular formula is C16H23BrN4O2. The first kappa shape index (κ1) is 17.9. The molecule has 2 amide bonds. The van der Waals surface area contributed by atoms with Crippen molar-refractivity contribution in [3.63, 3.8) is 0 Å². The van der Waals surface area contributed by atoms with Crippen molar-refractivity contribution in [2.45, 2.75) is 13.8 Å². The molecule has 0 bridgehead atoms. The number of carbonyl (C=O) groups is 2. The molecule has 6 nitrogen and oxygen atoms in total. The van der Waals surface area contributed by atoms with Gasteiger partial charge < -0.3 is 9.80 Å². The maximum atomic E-state index is 12.5. The molecule has 0 aromatic carbocycles. The van der Waals surface area contributed by atoms with E-state index in [-0.39, 0.29) is 11.8 Å². The standard InChI is InChI=1S/C16H23BrN4O2/c1-3-20(4-2)15(22)12-19-5-7-21(8-6-19)16(23)13-9-14(17)11-18-10-13/h9-11H,3-8,12H2,1-2H3. The Morgan fingerprint density at radius 3 is 2.39 bits per heavy atom. The van der Waals surface area contributed by atoms with E-state index in [1.54, 1.807) is 18.5 Å². The summed E-state index contributed by atoms with van der Waals surface area (Å²) in [4.78, 5) is 34.4. The highest BCUT2D eigenvalue weighted by Gasteiger charge is 2.24. The van der Waals surface area contributed by atoms with Gasteiger partial charge in [0.05, 0.1) is 12.1 Å². The van der Waals surface area contributed by atoms with Crippen LogP contribution in [0.4, 0.5) is 0 Å². The third-order valence-corrected chi connectivity index (χ3v) is 4.52. The monoisotopic (exact) mass is 382 g/mol. The van der Waals surface area contributed by atoms with Gasteiger partial charge in [-0.1, -0.05) is 0 Å². The molecule has 1 saturated heterocycles. The molecule has 0 radical (unpaired) electrons. The van der Waals surface area contributed by atoms with Crippen molar-refractivity contribution < 1.29 is 9.59 Å². The Morgan fingerprint density at radius 2 is 1.83 bits per heavy atom. The number of hydrogen-bond acceptors (Lipinski definition) is 4. The summed E-state index contributed by atoms with van der Waals surface area (Å²) in [5.41, 5.74) is 0.590. The fourth-order valence-corrected chi connectivity index (χ4v) is 3.05. The Balaban J connectivity index is 1.86. The van der Waals surface area contributed by atoms with E-state index in [1.165, 1.54) is 0 Å². The van der Waals surface area contributed by atoms with Crippen molar-refractivity contribution in [1.82, 2.24) is 19.7 Å². The third kappa shape index (κ3) is 4.75. The zero-order valence-electron chi connectivity index (χ0n) is 13.7. The van der Waals surface area contributed by atoms with E-state index in [0.29, 0.717) is 25.2 Å². The molecule has 1 aliphatic heterocycles. The van der Waals surface area contributed by atoms with Crippen LogP contribution in [0.3, 0.4) is 0 Å². The molecule has 7 heteroatoms. The van der Waals surface area contributed by atoms with Crippen molar-refractivity contribution in [2.24, 2.45) is 0 Å². The predicted octanol–water partition coefficient (Wildman–Crippen LogP) is 1.47. The van der Waals surface area contributed by atoms with Gasteiger partial charge in [0, 0.05) is 56.1 Å². The van der Waals surface area contributed by atoms with Crippen LogP contribution in [-0.4, -0.2) is 77.3 Å². The Morgan fingerprint density at radius 1 is 1.17 bits per heavy atom. The molecular weight excluding hydrogens is 360 g/mol. The lowest BCUT2D eigenvalue weighted by Gasteiger charge is -2.35. The van der Waals surface area contributed by atoms with Crippen LogP contribution < -0.4 is 0 Å². The van der Waals surface area contributed by atoms with Gasteiger partial charge in [-0.05, 0) is 35.8 Å². The van der Waals surface area contributed by atoms with Crippen molar-refractivity contribution in [1.29, 1.82) is 0 Å². The second-order valence-electron chi connectivity index (χ2n) is 5.53. The van der Waals surface area contributed by atoms with E-state index in [2.05, 4.69) is 25.8 Å². The summed E-state index contributed by atoms with van der Waals surface area (Å²) in [5.74, 6) is 0.152. The van der Waals surface area contributed by atoms with Gasteiger partial charge in [0.2, 0.25) is 5.91 Å². The summed E-state index contributed by atoms with van der Waals surface area (Å²) in [7, 11) is 0. The summed E-state index contributed by atoms with van der Waals surface area (Å²) >= 11 is 3.33. The summed E-state index contributed by atoms with van der Waals surface area (Å²) in [6.07, 6.45) is 3.25. The molecule has 1 aromatic heterocycles. The van der Waals surface area contributed by atoms with Crippen LogP contribution in [-0.2, 0) is 4.79 Å². The van der Waals surface area contributed by atoms with Crippen molar-refractivity contribution in [2.75, 3.05) is 45.8 Å². The molecule has 0 spiro atoms. The van der Waals surface area contributed by atoms with Gasteiger partial charge in [-0.3, -0.25) is 19.5 Å². The van der Waals surface area contributed by atoms with Gasteiger partial charge >= 0.3 is 0 Å². The van der Waals surface area contributed by atoms with Crippen molar-refractivity contribution >= 4 is 27.7 Å². The molecule has 0 saturated carbocycles. The fraction of sp³-hybridized carbons (Fsp3) is 0.562. The largest absolute Gasteiger partial charge is 0.342 e. The molecule has 0 N–H and O–H groups in total. The Bertz CT molecular complexity index is 555. The summed E-state index contributed by atoms with van der Waals surface area (Å²) in [5, 5.41) is 0. The number of likely N-dealkylation sites (N-methyl/N-ethyl adjacent to an activating group) is 1. The molecule has 0 atom stereocenters. The van der Waals surface area contributed by atoms with Crippen molar-refractivity contribution in [3.8, 4) is 0 Å². The highest BCUT2D eigenvalue weighted by atomic mass is 79.9. The van der Waals surface area contributed by atoms with Crippen LogP contribution in [0.5, 0.6) is 0 Å². The quantitative estimate of drug-likeness (QED) is 0.773. The maximum Gasteiger partial charge on any atom is 0.255 e. The molecule has 2 heterocycles. The first-order valence-corrected chi connectivity index (χ1v) is 8.74.